The highest BCUT2D eigenvalue weighted by molar-refractivity contribution is 7.98. The molecule has 0 aliphatic rings. The summed E-state index contributed by atoms with van der Waals surface area (Å²) in [5, 5.41) is 4.95. The van der Waals surface area contributed by atoms with Gasteiger partial charge in [0.1, 0.15) is 11.2 Å². The predicted molar refractivity (Wildman–Crippen MR) is 131 cm³/mol. The number of aromatic nitrogens is 3. The van der Waals surface area contributed by atoms with Crippen LogP contribution in [-0.4, -0.2) is 41.3 Å². The van der Waals surface area contributed by atoms with Crippen LogP contribution in [0, 0.1) is 0 Å². The second-order valence-electron chi connectivity index (χ2n) is 9.89. The van der Waals surface area contributed by atoms with Crippen LogP contribution in [0.25, 0.3) is 10.9 Å². The molecular formula is C22H38N4O2SSi. The summed E-state index contributed by atoms with van der Waals surface area (Å²) in [6.07, 6.45) is 6.80. The third kappa shape index (κ3) is 5.65. The Morgan fingerprint density at radius 2 is 1.90 bits per heavy atom. The van der Waals surface area contributed by atoms with E-state index in [9.17, 15) is 4.79 Å². The van der Waals surface area contributed by atoms with E-state index in [1.54, 1.807) is 17.8 Å². The Balaban J connectivity index is 2.48. The summed E-state index contributed by atoms with van der Waals surface area (Å²) >= 11 is 1.48. The normalized spacial score (nSPS) is 14.7. The highest BCUT2D eigenvalue weighted by Crippen LogP contribution is 2.37. The van der Waals surface area contributed by atoms with Crippen molar-refractivity contribution in [2.45, 2.75) is 82.7 Å². The van der Waals surface area contributed by atoms with E-state index in [2.05, 4.69) is 58.0 Å². The van der Waals surface area contributed by atoms with Gasteiger partial charge in [0, 0.05) is 13.2 Å². The molecule has 30 heavy (non-hydrogen) atoms. The molecule has 0 saturated carbocycles. The molecule has 1 atom stereocenters. The van der Waals surface area contributed by atoms with Crippen LogP contribution in [0.2, 0.25) is 18.1 Å². The van der Waals surface area contributed by atoms with E-state index in [0.29, 0.717) is 28.5 Å². The smallest absolute Gasteiger partial charge is 0.263 e. The van der Waals surface area contributed by atoms with E-state index in [1.807, 2.05) is 12.3 Å². The molecule has 0 amide bonds. The molecule has 0 spiro atoms. The summed E-state index contributed by atoms with van der Waals surface area (Å²) in [7, 11) is -0.150. The number of hydrogen-bond acceptors (Lipinski definition) is 6. The maximum absolute atomic E-state index is 12.9. The second-order valence-corrected chi connectivity index (χ2v) is 15.5. The SMILES string of the molecule is CCCCC(C)(CO[Si](C)(C)C(C)(C)C)Nc1nc(SC)nc2ccn(C)c(=O)c12. The molecular weight excluding hydrogens is 412 g/mol. The summed E-state index contributed by atoms with van der Waals surface area (Å²) in [6, 6.07) is 1.87. The van der Waals surface area contributed by atoms with Gasteiger partial charge in [-0.1, -0.05) is 52.3 Å². The van der Waals surface area contributed by atoms with Gasteiger partial charge >= 0.3 is 0 Å². The minimum atomic E-state index is -1.91. The van der Waals surface area contributed by atoms with Crippen molar-refractivity contribution in [1.29, 1.82) is 0 Å². The Morgan fingerprint density at radius 3 is 2.47 bits per heavy atom. The minimum Gasteiger partial charge on any atom is -0.414 e. The van der Waals surface area contributed by atoms with Gasteiger partial charge < -0.3 is 14.3 Å². The van der Waals surface area contributed by atoms with Crippen LogP contribution in [0.3, 0.4) is 0 Å². The fraction of sp³-hybridized carbons (Fsp3) is 0.682. The number of anilines is 1. The number of nitrogens with one attached hydrogen (secondary N) is 1. The van der Waals surface area contributed by atoms with E-state index >= 15 is 0 Å². The molecule has 0 aromatic carbocycles. The average molecular weight is 451 g/mol. The first kappa shape index (κ1) is 24.9. The van der Waals surface area contributed by atoms with Crippen LogP contribution in [0.15, 0.2) is 22.2 Å². The molecule has 0 saturated heterocycles. The third-order valence-electron chi connectivity index (χ3n) is 6.15. The van der Waals surface area contributed by atoms with Crippen molar-refractivity contribution >= 4 is 36.8 Å². The third-order valence-corrected chi connectivity index (χ3v) is 11.2. The van der Waals surface area contributed by atoms with Crippen molar-refractivity contribution in [1.82, 2.24) is 14.5 Å². The zero-order valence-corrected chi connectivity index (χ0v) is 21.9. The first-order valence-corrected chi connectivity index (χ1v) is 14.8. The lowest BCUT2D eigenvalue weighted by atomic mass is 9.95. The van der Waals surface area contributed by atoms with E-state index in [4.69, 9.17) is 9.41 Å². The standard InChI is InChI=1S/C22H38N4O2SSi/c1-10-11-13-22(5,15-28-30(8,9)21(2,3)4)25-18-17-16(23-20(24-18)29-7)12-14-26(6)19(17)27/h12,14H,10-11,13,15H2,1-9H3,(H,23,24,25). The number of fused-ring (bicyclic) bond motifs is 1. The number of nitrogens with zero attached hydrogens (tertiary/aromatic N) is 3. The van der Waals surface area contributed by atoms with Gasteiger partial charge in [-0.05, 0) is 43.8 Å². The van der Waals surface area contributed by atoms with Crippen LogP contribution in [-0.2, 0) is 11.5 Å². The Kier molecular flexibility index (Phi) is 7.80. The topological polar surface area (TPSA) is 69.0 Å². The summed E-state index contributed by atoms with van der Waals surface area (Å²) in [5.74, 6) is 0.600. The zero-order valence-electron chi connectivity index (χ0n) is 20.0. The fourth-order valence-corrected chi connectivity index (χ4v) is 4.46. The maximum atomic E-state index is 12.9. The molecule has 0 fully saturated rings. The summed E-state index contributed by atoms with van der Waals surface area (Å²) in [6.45, 7) is 16.3. The molecule has 0 aliphatic heterocycles. The molecule has 2 rings (SSSR count). The van der Waals surface area contributed by atoms with Crippen molar-refractivity contribution in [3.05, 3.63) is 22.6 Å². The molecule has 0 aliphatic carbocycles. The molecule has 6 nitrogen and oxygen atoms in total. The average Bonchev–Trinajstić information content (AvgIpc) is 2.66. The number of unbranched alkanes of at least 4 members (excludes halogenated alkanes) is 1. The number of hydrogen-bond donors (Lipinski definition) is 1. The lowest BCUT2D eigenvalue weighted by molar-refractivity contribution is 0.214. The molecule has 0 bridgehead atoms. The van der Waals surface area contributed by atoms with Crippen molar-refractivity contribution in [2.24, 2.45) is 7.05 Å². The second kappa shape index (κ2) is 9.40. The van der Waals surface area contributed by atoms with Crippen LogP contribution < -0.4 is 10.9 Å². The van der Waals surface area contributed by atoms with E-state index in [1.165, 1.54) is 11.8 Å². The first-order valence-electron chi connectivity index (χ1n) is 10.7. The van der Waals surface area contributed by atoms with Crippen LogP contribution >= 0.6 is 11.8 Å². The largest absolute Gasteiger partial charge is 0.414 e. The maximum Gasteiger partial charge on any atom is 0.263 e. The van der Waals surface area contributed by atoms with E-state index in [0.717, 1.165) is 19.3 Å². The van der Waals surface area contributed by atoms with Crippen LogP contribution in [0.5, 0.6) is 0 Å². The van der Waals surface area contributed by atoms with Gasteiger partial charge in [0.05, 0.1) is 17.7 Å². The van der Waals surface area contributed by atoms with Gasteiger partial charge in [0.2, 0.25) is 0 Å². The van der Waals surface area contributed by atoms with Gasteiger partial charge in [0.25, 0.3) is 5.56 Å². The molecule has 168 valence electrons. The van der Waals surface area contributed by atoms with Gasteiger partial charge in [-0.15, -0.1) is 0 Å². The van der Waals surface area contributed by atoms with Gasteiger partial charge in [0.15, 0.2) is 13.5 Å². The molecule has 0 radical (unpaired) electrons. The van der Waals surface area contributed by atoms with Gasteiger partial charge in [-0.3, -0.25) is 4.79 Å². The summed E-state index contributed by atoms with van der Waals surface area (Å²) in [4.78, 5) is 22.1. The quantitative estimate of drug-likeness (QED) is 0.312. The van der Waals surface area contributed by atoms with E-state index in [-0.39, 0.29) is 16.1 Å². The fourth-order valence-electron chi connectivity index (χ4n) is 2.98. The highest BCUT2D eigenvalue weighted by Gasteiger charge is 2.39. The zero-order chi connectivity index (χ0) is 22.7. The Bertz CT molecular complexity index is 939. The summed E-state index contributed by atoms with van der Waals surface area (Å²) in [5.41, 5.74) is 0.248. The number of pyridine rings is 1. The van der Waals surface area contributed by atoms with Crippen LogP contribution in [0.1, 0.15) is 53.9 Å². The summed E-state index contributed by atoms with van der Waals surface area (Å²) < 4.78 is 8.17. The Labute approximate surface area is 186 Å². The monoisotopic (exact) mass is 450 g/mol. The van der Waals surface area contributed by atoms with Crippen molar-refractivity contribution < 1.29 is 4.43 Å². The van der Waals surface area contributed by atoms with Crippen LogP contribution in [0.4, 0.5) is 5.82 Å². The molecule has 1 N–H and O–H groups in total. The molecule has 2 aromatic rings. The van der Waals surface area contributed by atoms with Crippen molar-refractivity contribution in [2.75, 3.05) is 18.2 Å². The van der Waals surface area contributed by atoms with E-state index < -0.39 is 8.32 Å². The highest BCUT2D eigenvalue weighted by atomic mass is 32.2. The minimum absolute atomic E-state index is 0.0918. The van der Waals surface area contributed by atoms with Gasteiger partial charge in [-0.25, -0.2) is 9.97 Å². The lowest BCUT2D eigenvalue weighted by Gasteiger charge is -2.40. The number of thioether (sulfide) groups is 1. The Morgan fingerprint density at radius 1 is 1.23 bits per heavy atom. The number of rotatable bonds is 9. The molecule has 2 heterocycles. The first-order chi connectivity index (χ1) is 13.8. The van der Waals surface area contributed by atoms with Gasteiger partial charge in [-0.2, -0.15) is 0 Å². The predicted octanol–water partition coefficient (Wildman–Crippen LogP) is 5.43. The molecule has 2 aromatic heterocycles. The van der Waals surface area contributed by atoms with Crippen molar-refractivity contribution in [3.63, 3.8) is 0 Å². The van der Waals surface area contributed by atoms with Crippen molar-refractivity contribution in [3.8, 4) is 0 Å². The lowest BCUT2D eigenvalue weighted by Crippen LogP contribution is -2.48. The molecule has 8 heteroatoms. The number of aryl methyl sites for hydroxylation is 1. The Hall–Kier alpha value is -1.38. The molecule has 1 unspecified atom stereocenters.